The molecule has 1 aromatic rings. The summed E-state index contributed by atoms with van der Waals surface area (Å²) in [4.78, 5) is 6.88. The number of hydrogen-bond donors (Lipinski definition) is 1. The molecule has 0 saturated carbocycles. The van der Waals surface area contributed by atoms with Crippen molar-refractivity contribution in [1.82, 2.24) is 15.2 Å². The SMILES string of the molecule is CC1CCN(c2nncc(NCCC3=CCCCC3)n2)CC1. The van der Waals surface area contributed by atoms with E-state index in [1.165, 1.54) is 38.5 Å². The van der Waals surface area contributed by atoms with Crippen LogP contribution in [0.15, 0.2) is 17.8 Å². The number of anilines is 2. The quantitative estimate of drug-likeness (QED) is 0.845. The maximum absolute atomic E-state index is 4.63. The van der Waals surface area contributed by atoms with E-state index in [0.29, 0.717) is 0 Å². The van der Waals surface area contributed by atoms with E-state index < -0.39 is 0 Å². The molecule has 0 unspecified atom stereocenters. The zero-order valence-electron chi connectivity index (χ0n) is 13.6. The molecule has 0 spiro atoms. The Balaban J connectivity index is 1.51. The van der Waals surface area contributed by atoms with E-state index in [0.717, 1.165) is 43.7 Å². The van der Waals surface area contributed by atoms with Crippen molar-refractivity contribution in [3.63, 3.8) is 0 Å². The standard InChI is InChI=1S/C17H27N5/c1-14-8-11-22(12-9-14)17-20-16(13-19-21-17)18-10-7-15-5-3-2-4-6-15/h5,13-14H,2-4,6-12H2,1H3,(H,18,20,21). The lowest BCUT2D eigenvalue weighted by atomic mass is 9.97. The summed E-state index contributed by atoms with van der Waals surface area (Å²) in [7, 11) is 0. The summed E-state index contributed by atoms with van der Waals surface area (Å²) >= 11 is 0. The van der Waals surface area contributed by atoms with Crippen LogP contribution in [-0.2, 0) is 0 Å². The first kappa shape index (κ1) is 15.3. The first-order valence-electron chi connectivity index (χ1n) is 8.68. The van der Waals surface area contributed by atoms with Crippen molar-refractivity contribution in [1.29, 1.82) is 0 Å². The summed E-state index contributed by atoms with van der Waals surface area (Å²) in [5, 5.41) is 11.7. The third kappa shape index (κ3) is 4.18. The van der Waals surface area contributed by atoms with Crippen LogP contribution in [0.4, 0.5) is 11.8 Å². The van der Waals surface area contributed by atoms with Crippen molar-refractivity contribution in [2.24, 2.45) is 5.92 Å². The fourth-order valence-electron chi connectivity index (χ4n) is 3.20. The molecule has 5 nitrogen and oxygen atoms in total. The van der Waals surface area contributed by atoms with Gasteiger partial charge >= 0.3 is 0 Å². The Morgan fingerprint density at radius 1 is 1.27 bits per heavy atom. The molecule has 1 aromatic heterocycles. The predicted molar refractivity (Wildman–Crippen MR) is 90.1 cm³/mol. The smallest absolute Gasteiger partial charge is 0.247 e. The van der Waals surface area contributed by atoms with Gasteiger partial charge in [0.2, 0.25) is 5.95 Å². The van der Waals surface area contributed by atoms with E-state index in [-0.39, 0.29) is 0 Å². The third-order valence-corrected chi connectivity index (χ3v) is 4.75. The first-order valence-corrected chi connectivity index (χ1v) is 8.68. The summed E-state index contributed by atoms with van der Waals surface area (Å²) in [5.74, 6) is 2.43. The Kier molecular flexibility index (Phi) is 5.24. The summed E-state index contributed by atoms with van der Waals surface area (Å²) in [6.45, 7) is 5.33. The van der Waals surface area contributed by atoms with E-state index in [9.17, 15) is 0 Å². The van der Waals surface area contributed by atoms with Crippen LogP contribution in [0.25, 0.3) is 0 Å². The van der Waals surface area contributed by atoms with Gasteiger partial charge in [-0.05, 0) is 50.9 Å². The highest BCUT2D eigenvalue weighted by Gasteiger charge is 2.18. The van der Waals surface area contributed by atoms with Crippen LogP contribution >= 0.6 is 0 Å². The predicted octanol–water partition coefficient (Wildman–Crippen LogP) is 3.41. The second-order valence-electron chi connectivity index (χ2n) is 6.60. The molecule has 2 heterocycles. The molecule has 0 aromatic carbocycles. The number of allylic oxidation sites excluding steroid dienone is 1. The van der Waals surface area contributed by atoms with Crippen molar-refractivity contribution in [3.05, 3.63) is 17.8 Å². The number of rotatable bonds is 5. The van der Waals surface area contributed by atoms with Gasteiger partial charge < -0.3 is 10.2 Å². The van der Waals surface area contributed by atoms with Gasteiger partial charge in [-0.15, -0.1) is 5.10 Å². The monoisotopic (exact) mass is 301 g/mol. The highest BCUT2D eigenvalue weighted by molar-refractivity contribution is 5.39. The van der Waals surface area contributed by atoms with Crippen molar-refractivity contribution in [2.45, 2.75) is 51.9 Å². The highest BCUT2D eigenvalue weighted by atomic mass is 15.3. The maximum atomic E-state index is 4.63. The van der Waals surface area contributed by atoms with Crippen LogP contribution in [-0.4, -0.2) is 34.8 Å². The molecular formula is C17H27N5. The van der Waals surface area contributed by atoms with Crippen molar-refractivity contribution in [3.8, 4) is 0 Å². The van der Waals surface area contributed by atoms with Gasteiger partial charge in [-0.1, -0.05) is 18.6 Å². The second-order valence-corrected chi connectivity index (χ2v) is 6.60. The number of hydrogen-bond acceptors (Lipinski definition) is 5. The van der Waals surface area contributed by atoms with E-state index in [1.54, 1.807) is 11.8 Å². The summed E-state index contributed by atoms with van der Waals surface area (Å²) in [5.41, 5.74) is 1.59. The number of aromatic nitrogens is 3. The first-order chi connectivity index (χ1) is 10.8. The number of nitrogens with zero attached hydrogens (tertiary/aromatic N) is 4. The average molecular weight is 301 g/mol. The van der Waals surface area contributed by atoms with E-state index in [2.05, 4.69) is 38.4 Å². The molecule has 1 N–H and O–H groups in total. The van der Waals surface area contributed by atoms with Crippen LogP contribution in [0.5, 0.6) is 0 Å². The fraction of sp³-hybridized carbons (Fsp3) is 0.706. The lowest BCUT2D eigenvalue weighted by Crippen LogP contribution is -2.34. The molecule has 1 fully saturated rings. The van der Waals surface area contributed by atoms with Gasteiger partial charge in [0.1, 0.15) is 0 Å². The topological polar surface area (TPSA) is 53.9 Å². The summed E-state index contributed by atoms with van der Waals surface area (Å²) in [6.07, 6.45) is 12.9. The van der Waals surface area contributed by atoms with Crippen LogP contribution < -0.4 is 10.2 Å². The van der Waals surface area contributed by atoms with E-state index in [1.807, 2.05) is 0 Å². The van der Waals surface area contributed by atoms with Crippen molar-refractivity contribution in [2.75, 3.05) is 29.9 Å². The zero-order chi connectivity index (χ0) is 15.2. The number of piperidine rings is 1. The summed E-state index contributed by atoms with van der Waals surface area (Å²) in [6, 6.07) is 0. The third-order valence-electron chi connectivity index (χ3n) is 4.75. The van der Waals surface area contributed by atoms with E-state index >= 15 is 0 Å². The maximum Gasteiger partial charge on any atom is 0.247 e. The molecule has 1 aliphatic heterocycles. The highest BCUT2D eigenvalue weighted by Crippen LogP contribution is 2.21. The molecule has 120 valence electrons. The normalized spacial score (nSPS) is 19.9. The molecule has 1 saturated heterocycles. The van der Waals surface area contributed by atoms with Crippen LogP contribution in [0.2, 0.25) is 0 Å². The molecule has 0 atom stereocenters. The Hall–Kier alpha value is -1.65. The molecular weight excluding hydrogens is 274 g/mol. The Labute approximate surface area is 133 Å². The molecule has 22 heavy (non-hydrogen) atoms. The van der Waals surface area contributed by atoms with Gasteiger partial charge in [-0.3, -0.25) is 0 Å². The van der Waals surface area contributed by atoms with Crippen LogP contribution in [0.1, 0.15) is 51.9 Å². The van der Waals surface area contributed by atoms with Crippen molar-refractivity contribution < 1.29 is 0 Å². The molecule has 0 radical (unpaired) electrons. The Morgan fingerprint density at radius 2 is 2.14 bits per heavy atom. The molecule has 1 aliphatic carbocycles. The second kappa shape index (κ2) is 7.56. The minimum absolute atomic E-state index is 0.772. The van der Waals surface area contributed by atoms with Gasteiger partial charge in [0, 0.05) is 19.6 Å². The van der Waals surface area contributed by atoms with Gasteiger partial charge in [0.15, 0.2) is 5.82 Å². The van der Waals surface area contributed by atoms with E-state index in [4.69, 9.17) is 0 Å². The number of nitrogens with one attached hydrogen (secondary N) is 1. The largest absolute Gasteiger partial charge is 0.368 e. The van der Waals surface area contributed by atoms with Gasteiger partial charge in [-0.25, -0.2) is 0 Å². The molecule has 0 amide bonds. The van der Waals surface area contributed by atoms with Gasteiger partial charge in [0.05, 0.1) is 6.20 Å². The molecule has 5 heteroatoms. The zero-order valence-corrected chi connectivity index (χ0v) is 13.6. The Bertz CT molecular complexity index is 506. The lowest BCUT2D eigenvalue weighted by Gasteiger charge is -2.29. The average Bonchev–Trinajstić information content (AvgIpc) is 2.57. The lowest BCUT2D eigenvalue weighted by molar-refractivity contribution is 0.433. The molecule has 2 aliphatic rings. The van der Waals surface area contributed by atoms with Gasteiger partial charge in [-0.2, -0.15) is 10.1 Å². The van der Waals surface area contributed by atoms with Crippen LogP contribution in [0.3, 0.4) is 0 Å². The molecule has 0 bridgehead atoms. The van der Waals surface area contributed by atoms with Crippen molar-refractivity contribution >= 4 is 11.8 Å². The summed E-state index contributed by atoms with van der Waals surface area (Å²) < 4.78 is 0. The minimum Gasteiger partial charge on any atom is -0.368 e. The molecule has 3 rings (SSSR count). The Morgan fingerprint density at radius 3 is 2.91 bits per heavy atom. The van der Waals surface area contributed by atoms with Gasteiger partial charge in [0.25, 0.3) is 0 Å². The fourth-order valence-corrected chi connectivity index (χ4v) is 3.20. The minimum atomic E-state index is 0.772. The van der Waals surface area contributed by atoms with Crippen LogP contribution in [0, 0.1) is 5.92 Å².